The van der Waals surface area contributed by atoms with Gasteiger partial charge in [-0.15, -0.1) is 0 Å². The summed E-state index contributed by atoms with van der Waals surface area (Å²) in [5, 5.41) is 3.01. The lowest BCUT2D eigenvalue weighted by Gasteiger charge is -2.13. The molecule has 0 aromatic carbocycles. The van der Waals surface area contributed by atoms with Gasteiger partial charge in [0.15, 0.2) is 0 Å². The number of rotatable bonds is 6. The summed E-state index contributed by atoms with van der Waals surface area (Å²) in [4.78, 5) is 21.5. The molecule has 1 fully saturated rings. The molecule has 0 bridgehead atoms. The molecule has 1 amide bonds. The summed E-state index contributed by atoms with van der Waals surface area (Å²) < 4.78 is 7.96. The van der Waals surface area contributed by atoms with Gasteiger partial charge in [-0.25, -0.2) is 9.97 Å². The number of ether oxygens (including phenoxy) is 1. The van der Waals surface area contributed by atoms with Gasteiger partial charge in [0.05, 0.1) is 5.56 Å². The van der Waals surface area contributed by atoms with Gasteiger partial charge < -0.3 is 14.6 Å². The fraction of sp³-hybridized carbons (Fsp3) is 0.348. The number of hydrogen-bond donors (Lipinski definition) is 1. The molecule has 1 N–H and O–H groups in total. The van der Waals surface area contributed by atoms with Crippen molar-refractivity contribution in [3.05, 3.63) is 71.3 Å². The fourth-order valence-electron chi connectivity index (χ4n) is 3.91. The number of carbonyl (C=O) groups excluding carboxylic acids is 1. The number of amides is 1. The Morgan fingerprint density at radius 1 is 1.14 bits per heavy atom. The van der Waals surface area contributed by atoms with Crippen LogP contribution in [0.25, 0.3) is 5.82 Å². The minimum absolute atomic E-state index is 0.102. The molecule has 6 heteroatoms. The molecule has 6 nitrogen and oxygen atoms in total. The maximum Gasteiger partial charge on any atom is 0.253 e. The zero-order chi connectivity index (χ0) is 20.2. The van der Waals surface area contributed by atoms with E-state index in [0.29, 0.717) is 18.0 Å². The summed E-state index contributed by atoms with van der Waals surface area (Å²) in [7, 11) is 0. The van der Waals surface area contributed by atoms with Crippen LogP contribution in [-0.4, -0.2) is 26.5 Å². The predicted octanol–water partition coefficient (Wildman–Crippen LogP) is 4.14. The Kier molecular flexibility index (Phi) is 5.60. The van der Waals surface area contributed by atoms with Gasteiger partial charge >= 0.3 is 0 Å². The van der Waals surface area contributed by atoms with Crippen LogP contribution in [0.2, 0.25) is 0 Å². The maximum absolute atomic E-state index is 12.8. The molecule has 1 saturated carbocycles. The quantitative estimate of drug-likeness (QED) is 0.687. The van der Waals surface area contributed by atoms with E-state index in [-0.39, 0.29) is 12.0 Å². The van der Waals surface area contributed by atoms with E-state index in [1.54, 1.807) is 12.4 Å². The van der Waals surface area contributed by atoms with Crippen LogP contribution in [0.4, 0.5) is 0 Å². The van der Waals surface area contributed by atoms with Crippen molar-refractivity contribution in [3.63, 3.8) is 0 Å². The van der Waals surface area contributed by atoms with Gasteiger partial charge in [0, 0.05) is 36.4 Å². The molecule has 0 saturated heterocycles. The molecule has 0 spiro atoms. The zero-order valence-corrected chi connectivity index (χ0v) is 16.9. The van der Waals surface area contributed by atoms with Crippen molar-refractivity contribution >= 4 is 5.91 Å². The second-order valence-corrected chi connectivity index (χ2v) is 7.52. The van der Waals surface area contributed by atoms with Crippen molar-refractivity contribution in [3.8, 4) is 11.7 Å². The third kappa shape index (κ3) is 4.31. The minimum atomic E-state index is -0.102. The Balaban J connectivity index is 1.44. The molecule has 0 atom stereocenters. The van der Waals surface area contributed by atoms with Crippen LogP contribution in [-0.2, 0) is 6.54 Å². The Hall–Kier alpha value is -3.15. The molecular weight excluding hydrogens is 364 g/mol. The molecule has 4 rings (SSSR count). The van der Waals surface area contributed by atoms with E-state index >= 15 is 0 Å². The number of nitrogens with zero attached hydrogens (tertiary/aromatic N) is 3. The van der Waals surface area contributed by atoms with Crippen LogP contribution >= 0.6 is 0 Å². The molecule has 29 heavy (non-hydrogen) atoms. The number of hydrogen-bond acceptors (Lipinski definition) is 4. The van der Waals surface area contributed by atoms with E-state index in [1.807, 2.05) is 54.8 Å². The van der Waals surface area contributed by atoms with Crippen LogP contribution in [0.5, 0.6) is 5.88 Å². The van der Waals surface area contributed by atoms with Crippen molar-refractivity contribution in [1.82, 2.24) is 19.9 Å². The standard InChI is InChI=1S/C23H26N4O2/c1-16-13-20(17(2)27(16)21-9-5-6-11-24-21)23(28)26-15-18-10-12-25-22(14-18)29-19-7-3-4-8-19/h5-6,9-14,19H,3-4,7-8,15H2,1-2H3,(H,26,28). The lowest BCUT2D eigenvalue weighted by Crippen LogP contribution is -2.23. The Bertz CT molecular complexity index is 991. The van der Waals surface area contributed by atoms with Crippen molar-refractivity contribution < 1.29 is 9.53 Å². The summed E-state index contributed by atoms with van der Waals surface area (Å²) in [6.07, 6.45) is 8.38. The molecule has 1 aliphatic rings. The molecule has 0 radical (unpaired) electrons. The fourth-order valence-corrected chi connectivity index (χ4v) is 3.91. The SMILES string of the molecule is Cc1cc(C(=O)NCc2ccnc(OC3CCCC3)c2)c(C)n1-c1ccccn1. The summed E-state index contributed by atoms with van der Waals surface area (Å²) >= 11 is 0. The van der Waals surface area contributed by atoms with Crippen molar-refractivity contribution in [1.29, 1.82) is 0 Å². The van der Waals surface area contributed by atoms with Gasteiger partial charge in [0.2, 0.25) is 5.88 Å². The van der Waals surface area contributed by atoms with E-state index in [1.165, 1.54) is 12.8 Å². The number of aromatic nitrogens is 3. The highest BCUT2D eigenvalue weighted by Crippen LogP contribution is 2.23. The molecular formula is C23H26N4O2. The predicted molar refractivity (Wildman–Crippen MR) is 111 cm³/mol. The molecule has 3 aromatic rings. The first-order valence-electron chi connectivity index (χ1n) is 10.1. The average Bonchev–Trinajstić information content (AvgIpc) is 3.34. The first-order chi connectivity index (χ1) is 14.1. The first-order valence-corrected chi connectivity index (χ1v) is 10.1. The van der Waals surface area contributed by atoms with Crippen molar-refractivity contribution in [2.45, 2.75) is 52.2 Å². The average molecular weight is 390 g/mol. The van der Waals surface area contributed by atoms with E-state index in [0.717, 1.165) is 35.6 Å². The van der Waals surface area contributed by atoms with Gasteiger partial charge in [-0.2, -0.15) is 0 Å². The number of carbonyl (C=O) groups is 1. The lowest BCUT2D eigenvalue weighted by atomic mass is 10.2. The molecule has 1 aliphatic carbocycles. The largest absolute Gasteiger partial charge is 0.474 e. The highest BCUT2D eigenvalue weighted by Gasteiger charge is 2.18. The minimum Gasteiger partial charge on any atom is -0.474 e. The molecule has 3 heterocycles. The van der Waals surface area contributed by atoms with Crippen LogP contribution in [0.15, 0.2) is 48.8 Å². The number of nitrogens with one attached hydrogen (secondary N) is 1. The van der Waals surface area contributed by atoms with Crippen LogP contribution in [0.3, 0.4) is 0 Å². The number of aryl methyl sites for hydroxylation is 1. The van der Waals surface area contributed by atoms with Crippen LogP contribution in [0.1, 0.15) is 53.0 Å². The number of pyridine rings is 2. The second kappa shape index (κ2) is 8.47. The highest BCUT2D eigenvalue weighted by atomic mass is 16.5. The van der Waals surface area contributed by atoms with E-state index in [2.05, 4.69) is 15.3 Å². The third-order valence-electron chi connectivity index (χ3n) is 5.40. The van der Waals surface area contributed by atoms with Gasteiger partial charge in [0.25, 0.3) is 5.91 Å². The topological polar surface area (TPSA) is 69.0 Å². The van der Waals surface area contributed by atoms with E-state index in [4.69, 9.17) is 4.74 Å². The highest BCUT2D eigenvalue weighted by molar-refractivity contribution is 5.95. The molecule has 0 aliphatic heterocycles. The summed E-state index contributed by atoms with van der Waals surface area (Å²) in [6, 6.07) is 11.5. The summed E-state index contributed by atoms with van der Waals surface area (Å²) in [5.41, 5.74) is 3.48. The lowest BCUT2D eigenvalue weighted by molar-refractivity contribution is 0.0950. The Labute approximate surface area is 171 Å². The first kappa shape index (κ1) is 19.2. The molecule has 0 unspecified atom stereocenters. The van der Waals surface area contributed by atoms with E-state index in [9.17, 15) is 4.79 Å². The van der Waals surface area contributed by atoms with Crippen molar-refractivity contribution in [2.75, 3.05) is 0 Å². The normalized spacial score (nSPS) is 14.1. The third-order valence-corrected chi connectivity index (χ3v) is 5.40. The maximum atomic E-state index is 12.8. The summed E-state index contributed by atoms with van der Waals surface area (Å²) in [5.74, 6) is 1.34. The smallest absolute Gasteiger partial charge is 0.253 e. The van der Waals surface area contributed by atoms with Gasteiger partial charge in [0.1, 0.15) is 11.9 Å². The van der Waals surface area contributed by atoms with Crippen molar-refractivity contribution in [2.24, 2.45) is 0 Å². The Morgan fingerprint density at radius 2 is 1.97 bits per heavy atom. The summed E-state index contributed by atoms with van der Waals surface area (Å²) in [6.45, 7) is 4.35. The van der Waals surface area contributed by atoms with Gasteiger partial charge in [-0.3, -0.25) is 4.79 Å². The van der Waals surface area contributed by atoms with E-state index < -0.39 is 0 Å². The molecule has 3 aromatic heterocycles. The second-order valence-electron chi connectivity index (χ2n) is 7.52. The van der Waals surface area contributed by atoms with Gasteiger partial charge in [-0.1, -0.05) is 6.07 Å². The molecule has 150 valence electrons. The Morgan fingerprint density at radius 3 is 2.72 bits per heavy atom. The van der Waals surface area contributed by atoms with Crippen LogP contribution < -0.4 is 10.1 Å². The monoisotopic (exact) mass is 390 g/mol. The zero-order valence-electron chi connectivity index (χ0n) is 16.9. The van der Waals surface area contributed by atoms with Crippen LogP contribution in [0, 0.1) is 13.8 Å². The van der Waals surface area contributed by atoms with Gasteiger partial charge in [-0.05, 0) is 69.4 Å².